The van der Waals surface area contributed by atoms with Gasteiger partial charge in [0.1, 0.15) is 18.3 Å². The molecule has 0 bridgehead atoms. The molecule has 12 heteroatoms. The van der Waals surface area contributed by atoms with Crippen molar-refractivity contribution in [2.45, 2.75) is 37.6 Å². The summed E-state index contributed by atoms with van der Waals surface area (Å²) in [5.41, 5.74) is 2.72. The van der Waals surface area contributed by atoms with Gasteiger partial charge in [-0.05, 0) is 62.6 Å². The van der Waals surface area contributed by atoms with Crippen molar-refractivity contribution in [1.29, 1.82) is 0 Å². The predicted octanol–water partition coefficient (Wildman–Crippen LogP) is 3.36. The van der Waals surface area contributed by atoms with Crippen LogP contribution in [0.3, 0.4) is 0 Å². The maximum Gasteiger partial charge on any atom is 0.263 e. The topological polar surface area (TPSA) is 112 Å². The van der Waals surface area contributed by atoms with Crippen molar-refractivity contribution in [3.63, 3.8) is 0 Å². The summed E-state index contributed by atoms with van der Waals surface area (Å²) in [7, 11) is -3.78. The number of carbonyl (C=O) groups is 2. The third-order valence-corrected chi connectivity index (χ3v) is 9.16. The maximum atomic E-state index is 13.5. The van der Waals surface area contributed by atoms with E-state index in [1.807, 2.05) is 26.0 Å². The number of nitrogens with one attached hydrogen (secondary N) is 1. The van der Waals surface area contributed by atoms with Crippen LogP contribution < -0.4 is 19.3 Å². The van der Waals surface area contributed by atoms with Crippen LogP contribution in [0.5, 0.6) is 5.75 Å². The molecular weight excluding hydrogens is 538 g/mol. The Kier molecular flexibility index (Phi) is 7.76. The molecule has 39 heavy (non-hydrogen) atoms. The van der Waals surface area contributed by atoms with Crippen molar-refractivity contribution in [1.82, 2.24) is 9.88 Å². The van der Waals surface area contributed by atoms with Gasteiger partial charge in [0.15, 0.2) is 5.13 Å². The molecule has 0 saturated carbocycles. The average Bonchev–Trinajstić information content (AvgIpc) is 3.44. The summed E-state index contributed by atoms with van der Waals surface area (Å²) in [5.74, 6) is 0.465. The van der Waals surface area contributed by atoms with E-state index < -0.39 is 16.1 Å². The highest BCUT2D eigenvalue weighted by Crippen LogP contribution is 2.38. The highest BCUT2D eigenvalue weighted by atomic mass is 32.2. The zero-order valence-corrected chi connectivity index (χ0v) is 23.5. The van der Waals surface area contributed by atoms with Crippen LogP contribution in [0.4, 0.5) is 16.5 Å². The molecule has 0 unspecified atom stereocenters. The molecule has 1 N–H and O–H groups in total. The van der Waals surface area contributed by atoms with Crippen LogP contribution in [0.15, 0.2) is 58.9 Å². The van der Waals surface area contributed by atoms with Gasteiger partial charge >= 0.3 is 0 Å². The van der Waals surface area contributed by atoms with Crippen LogP contribution >= 0.6 is 11.3 Å². The summed E-state index contributed by atoms with van der Waals surface area (Å²) < 4.78 is 33.5. The Morgan fingerprint density at radius 1 is 1.15 bits per heavy atom. The highest BCUT2D eigenvalue weighted by molar-refractivity contribution is 7.93. The summed E-state index contributed by atoms with van der Waals surface area (Å²) in [5, 5.41) is 1.97. The molecule has 3 heterocycles. The van der Waals surface area contributed by atoms with E-state index in [4.69, 9.17) is 4.74 Å². The standard InChI is InChI=1S/C27H31N5O5S2/c1-3-37-23-8-4-6-20-7-5-14-31(25(20)23)19(2)26(34)30-15-16-32(24(33)18-30)21-9-11-22(12-10-21)39(35,36)29-27-28-13-17-38-27/h4,6,8-13,17,19H,3,5,7,14-16,18H2,1-2H3,(H,28,29)/t19-/m0/s1. The molecule has 206 valence electrons. The number of rotatable bonds is 8. The maximum absolute atomic E-state index is 13.5. The van der Waals surface area contributed by atoms with Crippen LogP contribution in [0.2, 0.25) is 0 Å². The summed E-state index contributed by atoms with van der Waals surface area (Å²) in [6.07, 6.45) is 3.40. The fourth-order valence-electron chi connectivity index (χ4n) is 5.09. The Morgan fingerprint density at radius 3 is 2.64 bits per heavy atom. The lowest BCUT2D eigenvalue weighted by Crippen LogP contribution is -2.57. The first kappa shape index (κ1) is 26.9. The number of para-hydroxylation sites is 1. The van der Waals surface area contributed by atoms with Gasteiger partial charge in [-0.15, -0.1) is 11.3 Å². The molecule has 0 spiro atoms. The van der Waals surface area contributed by atoms with E-state index in [1.165, 1.54) is 35.2 Å². The second-order valence-electron chi connectivity index (χ2n) is 9.41. The molecule has 1 fully saturated rings. The monoisotopic (exact) mass is 569 g/mol. The van der Waals surface area contributed by atoms with Gasteiger partial charge in [0, 0.05) is 36.9 Å². The smallest absolute Gasteiger partial charge is 0.263 e. The largest absolute Gasteiger partial charge is 0.492 e. The number of benzene rings is 2. The molecule has 2 amide bonds. The minimum absolute atomic E-state index is 0.0391. The van der Waals surface area contributed by atoms with Crippen molar-refractivity contribution in [2.75, 3.05) is 47.3 Å². The van der Waals surface area contributed by atoms with Gasteiger partial charge < -0.3 is 19.4 Å². The molecule has 5 rings (SSSR count). The molecule has 2 aliphatic heterocycles. The zero-order valence-electron chi connectivity index (χ0n) is 21.9. The molecule has 1 atom stereocenters. The highest BCUT2D eigenvalue weighted by Gasteiger charge is 2.35. The van der Waals surface area contributed by atoms with E-state index in [2.05, 4.69) is 20.7 Å². The van der Waals surface area contributed by atoms with E-state index in [-0.39, 0.29) is 28.4 Å². The van der Waals surface area contributed by atoms with Crippen molar-refractivity contribution in [3.8, 4) is 5.75 Å². The molecule has 2 aliphatic rings. The van der Waals surface area contributed by atoms with E-state index in [0.717, 1.165) is 30.8 Å². The number of anilines is 3. The average molecular weight is 570 g/mol. The SMILES string of the molecule is CCOc1cccc2c1N([C@@H](C)C(=O)N1CCN(c3ccc(S(=O)(=O)Nc4nccs4)cc3)C(=O)C1)CCC2. The van der Waals surface area contributed by atoms with Crippen molar-refractivity contribution < 1.29 is 22.7 Å². The van der Waals surface area contributed by atoms with Crippen LogP contribution in [0, 0.1) is 0 Å². The fraction of sp³-hybridized carbons (Fsp3) is 0.370. The third kappa shape index (κ3) is 5.57. The Bertz CT molecular complexity index is 1440. The number of aryl methyl sites for hydroxylation is 1. The number of hydrogen-bond donors (Lipinski definition) is 1. The Labute approximate surface area is 232 Å². The van der Waals surface area contributed by atoms with Gasteiger partial charge in [-0.3, -0.25) is 14.3 Å². The number of thiazole rings is 1. The van der Waals surface area contributed by atoms with Crippen molar-refractivity contribution in [2.24, 2.45) is 0 Å². The quantitative estimate of drug-likeness (QED) is 0.443. The molecule has 10 nitrogen and oxygen atoms in total. The minimum Gasteiger partial charge on any atom is -0.492 e. The normalized spacial score (nSPS) is 16.6. The van der Waals surface area contributed by atoms with Gasteiger partial charge in [-0.25, -0.2) is 13.4 Å². The number of piperazine rings is 1. The molecule has 0 radical (unpaired) electrons. The van der Waals surface area contributed by atoms with Crippen LogP contribution in [0.25, 0.3) is 0 Å². The number of hydrogen-bond acceptors (Lipinski definition) is 8. The summed E-state index contributed by atoms with van der Waals surface area (Å²) >= 11 is 1.19. The molecule has 1 saturated heterocycles. The summed E-state index contributed by atoms with van der Waals surface area (Å²) in [4.78, 5) is 36.0. The number of carbonyl (C=O) groups excluding carboxylic acids is 2. The summed E-state index contributed by atoms with van der Waals surface area (Å²) in [6, 6.07) is 11.7. The second-order valence-corrected chi connectivity index (χ2v) is 12.0. The van der Waals surface area contributed by atoms with Crippen LogP contribution in [-0.4, -0.2) is 68.9 Å². The van der Waals surface area contributed by atoms with E-state index >= 15 is 0 Å². The van der Waals surface area contributed by atoms with Gasteiger partial charge in [-0.2, -0.15) is 0 Å². The number of aromatic nitrogens is 1. The first-order valence-electron chi connectivity index (χ1n) is 12.9. The second kappa shape index (κ2) is 11.2. The van der Waals surface area contributed by atoms with Crippen molar-refractivity contribution in [3.05, 3.63) is 59.6 Å². The van der Waals surface area contributed by atoms with Gasteiger partial charge in [0.2, 0.25) is 11.8 Å². The summed E-state index contributed by atoms with van der Waals surface area (Å²) in [6.45, 7) is 5.77. The molecular formula is C27H31N5O5S2. The lowest BCUT2D eigenvalue weighted by Gasteiger charge is -2.40. The third-order valence-electron chi connectivity index (χ3n) is 6.98. The van der Waals surface area contributed by atoms with Crippen molar-refractivity contribution >= 4 is 49.7 Å². The van der Waals surface area contributed by atoms with E-state index in [0.29, 0.717) is 25.4 Å². The number of amides is 2. The minimum atomic E-state index is -3.78. The van der Waals surface area contributed by atoms with Crippen LogP contribution in [-0.2, 0) is 26.0 Å². The fourth-order valence-corrected chi connectivity index (χ4v) is 6.88. The van der Waals surface area contributed by atoms with Crippen LogP contribution in [0.1, 0.15) is 25.8 Å². The number of sulfonamides is 1. The zero-order chi connectivity index (χ0) is 27.6. The first-order valence-corrected chi connectivity index (χ1v) is 15.3. The lowest BCUT2D eigenvalue weighted by molar-refractivity contribution is -0.137. The number of fused-ring (bicyclic) bond motifs is 1. The van der Waals surface area contributed by atoms with E-state index in [1.54, 1.807) is 27.3 Å². The van der Waals surface area contributed by atoms with Gasteiger partial charge in [-0.1, -0.05) is 12.1 Å². The number of nitrogens with zero attached hydrogens (tertiary/aromatic N) is 4. The van der Waals surface area contributed by atoms with E-state index in [9.17, 15) is 18.0 Å². The molecule has 2 aromatic carbocycles. The Morgan fingerprint density at radius 2 is 1.95 bits per heavy atom. The molecule has 1 aromatic heterocycles. The van der Waals surface area contributed by atoms with Gasteiger partial charge in [0.25, 0.3) is 10.0 Å². The lowest BCUT2D eigenvalue weighted by atomic mass is 9.99. The van der Waals surface area contributed by atoms with Gasteiger partial charge in [0.05, 0.1) is 17.2 Å². The molecule has 3 aromatic rings. The Balaban J connectivity index is 1.25. The predicted molar refractivity (Wildman–Crippen MR) is 151 cm³/mol. The first-order chi connectivity index (χ1) is 18.8. The molecule has 0 aliphatic carbocycles. The number of ether oxygens (including phenoxy) is 1. The Hall–Kier alpha value is -3.64.